The third kappa shape index (κ3) is 7.42. The van der Waals surface area contributed by atoms with Crippen LogP contribution in [-0.4, -0.2) is 25.2 Å². The van der Waals surface area contributed by atoms with Crippen LogP contribution in [0.5, 0.6) is 11.5 Å². The second-order valence-corrected chi connectivity index (χ2v) is 8.10. The molecule has 1 aliphatic carbocycles. The minimum atomic E-state index is -0.431. The lowest BCUT2D eigenvalue weighted by Crippen LogP contribution is -2.25. The predicted molar refractivity (Wildman–Crippen MR) is 119 cm³/mol. The van der Waals surface area contributed by atoms with Crippen LogP contribution in [0.1, 0.15) is 62.2 Å². The van der Waals surface area contributed by atoms with Crippen molar-refractivity contribution in [2.24, 2.45) is 11.8 Å². The van der Waals surface area contributed by atoms with Gasteiger partial charge in [-0.1, -0.05) is 44.4 Å². The highest BCUT2D eigenvalue weighted by Crippen LogP contribution is 2.32. The first-order chi connectivity index (χ1) is 15.2. The first kappa shape index (κ1) is 22.9. The molecule has 2 aromatic rings. The normalized spacial score (nSPS) is 18.2. The monoisotopic (exact) mass is 424 g/mol. The van der Waals surface area contributed by atoms with Gasteiger partial charge in [0.15, 0.2) is 0 Å². The van der Waals surface area contributed by atoms with Crippen LogP contribution in [0.15, 0.2) is 54.6 Å². The first-order valence-corrected chi connectivity index (χ1v) is 11.3. The topological polar surface area (TPSA) is 61.8 Å². The van der Waals surface area contributed by atoms with Crippen LogP contribution < -0.4 is 9.47 Å². The van der Waals surface area contributed by atoms with E-state index in [1.165, 1.54) is 19.3 Å². The zero-order chi connectivity index (χ0) is 21.9. The van der Waals surface area contributed by atoms with Gasteiger partial charge >= 0.3 is 11.9 Å². The Morgan fingerprint density at radius 2 is 1.58 bits per heavy atom. The van der Waals surface area contributed by atoms with Gasteiger partial charge in [0, 0.05) is 0 Å². The number of rotatable bonds is 10. The summed E-state index contributed by atoms with van der Waals surface area (Å²) in [7, 11) is 0. The quantitative estimate of drug-likeness (QED) is 0.273. The van der Waals surface area contributed by atoms with Gasteiger partial charge in [-0.05, 0) is 68.0 Å². The molecule has 1 saturated carbocycles. The molecule has 0 aromatic heterocycles. The lowest BCUT2D eigenvalue weighted by atomic mass is 9.80. The Labute approximate surface area is 184 Å². The Morgan fingerprint density at radius 1 is 0.871 bits per heavy atom. The summed E-state index contributed by atoms with van der Waals surface area (Å²) in [5, 5.41) is 0. The van der Waals surface area contributed by atoms with Crippen molar-refractivity contribution in [3.8, 4) is 11.5 Å². The highest BCUT2D eigenvalue weighted by Gasteiger charge is 2.27. The Kier molecular flexibility index (Phi) is 8.95. The first-order valence-electron chi connectivity index (χ1n) is 11.3. The van der Waals surface area contributed by atoms with Gasteiger partial charge in [-0.2, -0.15) is 0 Å². The second-order valence-electron chi connectivity index (χ2n) is 8.10. The van der Waals surface area contributed by atoms with Gasteiger partial charge in [-0.3, -0.25) is 4.79 Å². The molecule has 0 aliphatic heterocycles. The van der Waals surface area contributed by atoms with Gasteiger partial charge in [0.2, 0.25) is 0 Å². The molecule has 0 spiro atoms. The number of carbonyl (C=O) groups excluding carboxylic acids is 2. The van der Waals surface area contributed by atoms with Gasteiger partial charge in [-0.15, -0.1) is 0 Å². The molecule has 166 valence electrons. The Balaban J connectivity index is 1.38. The largest absolute Gasteiger partial charge is 0.490 e. The van der Waals surface area contributed by atoms with E-state index in [0.29, 0.717) is 11.3 Å². The van der Waals surface area contributed by atoms with E-state index < -0.39 is 5.97 Å². The molecule has 5 heteroatoms. The van der Waals surface area contributed by atoms with Crippen molar-refractivity contribution in [3.63, 3.8) is 0 Å². The molecule has 1 aliphatic rings. The van der Waals surface area contributed by atoms with Crippen molar-refractivity contribution in [3.05, 3.63) is 60.2 Å². The molecule has 0 heterocycles. The zero-order valence-corrected chi connectivity index (χ0v) is 18.3. The summed E-state index contributed by atoms with van der Waals surface area (Å²) in [6.45, 7) is 2.66. The number of esters is 2. The summed E-state index contributed by atoms with van der Waals surface area (Å²) in [6, 6.07) is 15.9. The fourth-order valence-electron chi connectivity index (χ4n) is 3.93. The lowest BCUT2D eigenvalue weighted by molar-refractivity contribution is -0.140. The summed E-state index contributed by atoms with van der Waals surface area (Å²) in [5.41, 5.74) is 0.413. The predicted octanol–water partition coefficient (Wildman–Crippen LogP) is 5.82. The molecule has 0 N–H and O–H groups in total. The van der Waals surface area contributed by atoms with Crippen LogP contribution in [0.2, 0.25) is 0 Å². The number of hydrogen-bond acceptors (Lipinski definition) is 5. The second kappa shape index (κ2) is 12.1. The third-order valence-corrected chi connectivity index (χ3v) is 5.78. The van der Waals surface area contributed by atoms with Crippen LogP contribution in [0.3, 0.4) is 0 Å². The van der Waals surface area contributed by atoms with Crippen molar-refractivity contribution in [1.82, 2.24) is 0 Å². The molecule has 0 bridgehead atoms. The van der Waals surface area contributed by atoms with E-state index in [1.807, 2.05) is 30.3 Å². The molecule has 1 fully saturated rings. The fraction of sp³-hybridized carbons (Fsp3) is 0.462. The minimum Gasteiger partial charge on any atom is -0.490 e. The smallest absolute Gasteiger partial charge is 0.338 e. The molecule has 0 radical (unpaired) electrons. The van der Waals surface area contributed by atoms with Crippen LogP contribution >= 0.6 is 0 Å². The van der Waals surface area contributed by atoms with E-state index in [2.05, 4.69) is 6.92 Å². The summed E-state index contributed by atoms with van der Waals surface area (Å²) in [4.78, 5) is 24.6. The summed E-state index contributed by atoms with van der Waals surface area (Å²) in [5.74, 6) is 1.34. The van der Waals surface area contributed by atoms with Crippen molar-refractivity contribution < 1.29 is 23.8 Å². The summed E-state index contributed by atoms with van der Waals surface area (Å²) >= 11 is 0. The molecule has 2 aromatic carbocycles. The Hall–Kier alpha value is -2.82. The van der Waals surface area contributed by atoms with E-state index in [0.717, 1.165) is 37.4 Å². The number of hydrogen-bond donors (Lipinski definition) is 0. The SMILES string of the molecule is CCCCC1CCC(C(=O)Oc2ccc(C(=O)OCCOc3ccccc3)cc2)CC1. The average molecular weight is 425 g/mol. The molecule has 0 atom stereocenters. The summed E-state index contributed by atoms with van der Waals surface area (Å²) < 4.78 is 16.3. The molecule has 5 nitrogen and oxygen atoms in total. The number of ether oxygens (including phenoxy) is 3. The minimum absolute atomic E-state index is 0.0212. The number of para-hydroxylation sites is 1. The average Bonchev–Trinajstić information content (AvgIpc) is 2.82. The van der Waals surface area contributed by atoms with Crippen molar-refractivity contribution in [2.45, 2.75) is 51.9 Å². The van der Waals surface area contributed by atoms with Crippen molar-refractivity contribution >= 4 is 11.9 Å². The van der Waals surface area contributed by atoms with Gasteiger partial charge in [-0.25, -0.2) is 4.79 Å². The number of carbonyl (C=O) groups is 2. The maximum absolute atomic E-state index is 12.5. The lowest BCUT2D eigenvalue weighted by Gasteiger charge is -2.27. The summed E-state index contributed by atoms with van der Waals surface area (Å²) in [6.07, 6.45) is 7.80. The molecular formula is C26H32O5. The van der Waals surface area contributed by atoms with Gasteiger partial charge in [0.1, 0.15) is 24.7 Å². The molecule has 3 rings (SSSR count). The standard InChI is InChI=1S/C26H32O5/c1-2-3-7-20-10-12-22(13-11-20)26(28)31-24-16-14-21(15-17-24)25(27)30-19-18-29-23-8-5-4-6-9-23/h4-6,8-9,14-17,20,22H,2-3,7,10-13,18-19H2,1H3. The van der Waals surface area contributed by atoms with E-state index in [9.17, 15) is 9.59 Å². The Bertz CT molecular complexity index is 807. The zero-order valence-electron chi connectivity index (χ0n) is 18.3. The van der Waals surface area contributed by atoms with E-state index in [-0.39, 0.29) is 25.1 Å². The van der Waals surface area contributed by atoms with Crippen LogP contribution in [0.25, 0.3) is 0 Å². The van der Waals surface area contributed by atoms with Crippen LogP contribution in [-0.2, 0) is 9.53 Å². The van der Waals surface area contributed by atoms with E-state index in [4.69, 9.17) is 14.2 Å². The molecular weight excluding hydrogens is 392 g/mol. The maximum atomic E-state index is 12.5. The van der Waals surface area contributed by atoms with Crippen molar-refractivity contribution in [2.75, 3.05) is 13.2 Å². The third-order valence-electron chi connectivity index (χ3n) is 5.78. The van der Waals surface area contributed by atoms with Crippen molar-refractivity contribution in [1.29, 1.82) is 0 Å². The van der Waals surface area contributed by atoms with E-state index >= 15 is 0 Å². The number of benzene rings is 2. The molecule has 31 heavy (non-hydrogen) atoms. The highest BCUT2D eigenvalue weighted by atomic mass is 16.6. The van der Waals surface area contributed by atoms with Crippen LogP contribution in [0.4, 0.5) is 0 Å². The van der Waals surface area contributed by atoms with Gasteiger partial charge in [0.05, 0.1) is 11.5 Å². The highest BCUT2D eigenvalue weighted by molar-refractivity contribution is 5.89. The van der Waals surface area contributed by atoms with Gasteiger partial charge in [0.25, 0.3) is 0 Å². The van der Waals surface area contributed by atoms with Gasteiger partial charge < -0.3 is 14.2 Å². The number of unbranched alkanes of at least 4 members (excludes halogenated alkanes) is 1. The van der Waals surface area contributed by atoms with E-state index in [1.54, 1.807) is 24.3 Å². The Morgan fingerprint density at radius 3 is 2.26 bits per heavy atom. The molecule has 0 amide bonds. The fourth-order valence-corrected chi connectivity index (χ4v) is 3.93. The van der Waals surface area contributed by atoms with Crippen LogP contribution in [0, 0.1) is 11.8 Å². The molecule has 0 saturated heterocycles. The maximum Gasteiger partial charge on any atom is 0.338 e. The molecule has 0 unspecified atom stereocenters.